The number of rotatable bonds is 7. The van der Waals surface area contributed by atoms with E-state index in [4.69, 9.17) is 4.42 Å². The van der Waals surface area contributed by atoms with E-state index in [0.29, 0.717) is 23.6 Å². The van der Waals surface area contributed by atoms with E-state index in [0.717, 1.165) is 5.69 Å². The lowest BCUT2D eigenvalue weighted by molar-refractivity contribution is -0.113. The number of amides is 1. The Morgan fingerprint density at radius 1 is 1.28 bits per heavy atom. The molecule has 1 amide bonds. The number of hydrogen-bond donors (Lipinski definition) is 1. The van der Waals surface area contributed by atoms with Gasteiger partial charge in [0, 0.05) is 5.69 Å². The second-order valence-corrected chi connectivity index (χ2v) is 6.59. The summed E-state index contributed by atoms with van der Waals surface area (Å²) in [7, 11) is 0. The largest absolute Gasteiger partial charge is 0.414 e. The minimum absolute atomic E-state index is 0.127. The van der Waals surface area contributed by atoms with Crippen LogP contribution < -0.4 is 5.32 Å². The number of nitrogens with zero attached hydrogens (tertiary/aromatic N) is 5. The van der Waals surface area contributed by atoms with Gasteiger partial charge in [-0.3, -0.25) is 4.79 Å². The summed E-state index contributed by atoms with van der Waals surface area (Å²) < 4.78 is 7.05. The van der Waals surface area contributed by atoms with Gasteiger partial charge in [0.05, 0.1) is 5.75 Å². The SMILES string of the molecule is CC(C)c1ccc(NC(=O)CSc2nnc(Cn3cncn3)o2)cc1. The number of aromatic nitrogens is 5. The van der Waals surface area contributed by atoms with Crippen molar-refractivity contribution in [3.8, 4) is 0 Å². The molecule has 0 radical (unpaired) electrons. The number of hydrogen-bond acceptors (Lipinski definition) is 7. The molecular weight excluding hydrogens is 340 g/mol. The second kappa shape index (κ2) is 7.93. The zero-order valence-corrected chi connectivity index (χ0v) is 14.7. The first-order chi connectivity index (χ1) is 12.1. The molecule has 0 fully saturated rings. The van der Waals surface area contributed by atoms with Crippen LogP contribution in [0.2, 0.25) is 0 Å². The van der Waals surface area contributed by atoms with Crippen molar-refractivity contribution in [1.82, 2.24) is 25.0 Å². The molecule has 3 aromatic rings. The van der Waals surface area contributed by atoms with E-state index >= 15 is 0 Å². The minimum Gasteiger partial charge on any atom is -0.414 e. The van der Waals surface area contributed by atoms with Crippen molar-refractivity contribution in [3.63, 3.8) is 0 Å². The highest BCUT2D eigenvalue weighted by Crippen LogP contribution is 2.19. The van der Waals surface area contributed by atoms with Crippen molar-refractivity contribution in [3.05, 3.63) is 48.4 Å². The monoisotopic (exact) mass is 358 g/mol. The van der Waals surface area contributed by atoms with Crippen LogP contribution in [0.25, 0.3) is 0 Å². The fourth-order valence-electron chi connectivity index (χ4n) is 2.09. The number of anilines is 1. The average molecular weight is 358 g/mol. The van der Waals surface area contributed by atoms with Crippen LogP contribution in [0.5, 0.6) is 0 Å². The summed E-state index contributed by atoms with van der Waals surface area (Å²) >= 11 is 1.19. The molecule has 0 bridgehead atoms. The van der Waals surface area contributed by atoms with Gasteiger partial charge in [-0.05, 0) is 23.6 Å². The van der Waals surface area contributed by atoms with E-state index in [9.17, 15) is 4.79 Å². The molecule has 9 heteroatoms. The van der Waals surface area contributed by atoms with E-state index in [1.807, 2.05) is 24.3 Å². The van der Waals surface area contributed by atoms with Crippen LogP contribution in [-0.2, 0) is 11.3 Å². The van der Waals surface area contributed by atoms with Crippen molar-refractivity contribution in [2.45, 2.75) is 31.5 Å². The Labute approximate surface area is 149 Å². The van der Waals surface area contributed by atoms with Crippen LogP contribution in [0, 0.1) is 0 Å². The topological polar surface area (TPSA) is 98.7 Å². The van der Waals surface area contributed by atoms with Crippen molar-refractivity contribution in [2.24, 2.45) is 0 Å². The van der Waals surface area contributed by atoms with Gasteiger partial charge in [-0.1, -0.05) is 37.7 Å². The molecule has 2 heterocycles. The van der Waals surface area contributed by atoms with E-state index in [1.54, 1.807) is 11.0 Å². The molecule has 1 aromatic carbocycles. The molecule has 130 valence electrons. The third kappa shape index (κ3) is 4.90. The Balaban J connectivity index is 1.48. The van der Waals surface area contributed by atoms with Crippen LogP contribution in [0.3, 0.4) is 0 Å². The molecule has 0 spiro atoms. The maximum atomic E-state index is 12.0. The van der Waals surface area contributed by atoms with E-state index in [2.05, 4.69) is 39.4 Å². The van der Waals surface area contributed by atoms with E-state index in [1.165, 1.54) is 23.7 Å². The molecule has 0 unspecified atom stereocenters. The number of carbonyl (C=O) groups excluding carboxylic acids is 1. The predicted octanol–water partition coefficient (Wildman–Crippen LogP) is 2.56. The van der Waals surface area contributed by atoms with Gasteiger partial charge in [0.25, 0.3) is 5.22 Å². The van der Waals surface area contributed by atoms with Crippen molar-refractivity contribution >= 4 is 23.4 Å². The van der Waals surface area contributed by atoms with Crippen LogP contribution in [0.15, 0.2) is 46.6 Å². The lowest BCUT2D eigenvalue weighted by atomic mass is 10.0. The third-order valence-electron chi connectivity index (χ3n) is 3.40. The first kappa shape index (κ1) is 17.2. The quantitative estimate of drug-likeness (QED) is 0.648. The molecule has 3 rings (SSSR count). The van der Waals surface area contributed by atoms with Crippen LogP contribution in [-0.4, -0.2) is 36.6 Å². The summed E-state index contributed by atoms with van der Waals surface area (Å²) in [5, 5.41) is 15.0. The highest BCUT2D eigenvalue weighted by molar-refractivity contribution is 7.99. The molecule has 0 aliphatic carbocycles. The summed E-state index contributed by atoms with van der Waals surface area (Å²) in [6.45, 7) is 4.61. The fraction of sp³-hybridized carbons (Fsp3) is 0.312. The number of carbonyl (C=O) groups is 1. The Hall–Kier alpha value is -2.68. The van der Waals surface area contributed by atoms with Gasteiger partial charge in [0.2, 0.25) is 11.8 Å². The number of thioether (sulfide) groups is 1. The lowest BCUT2D eigenvalue weighted by Crippen LogP contribution is -2.14. The summed E-state index contributed by atoms with van der Waals surface area (Å²) in [6, 6.07) is 7.84. The molecule has 0 aliphatic rings. The molecule has 0 aliphatic heterocycles. The highest BCUT2D eigenvalue weighted by Gasteiger charge is 2.11. The van der Waals surface area contributed by atoms with Crippen molar-refractivity contribution < 1.29 is 9.21 Å². The standard InChI is InChI=1S/C16H18N6O2S/c1-11(2)12-3-5-13(6-4-12)19-14(23)8-25-16-21-20-15(24-16)7-22-10-17-9-18-22/h3-6,9-11H,7-8H2,1-2H3,(H,19,23). The van der Waals surface area contributed by atoms with Crippen LogP contribution in [0.1, 0.15) is 31.2 Å². The zero-order valence-electron chi connectivity index (χ0n) is 13.9. The van der Waals surface area contributed by atoms with Gasteiger partial charge in [-0.15, -0.1) is 10.2 Å². The molecule has 0 atom stereocenters. The van der Waals surface area contributed by atoms with Gasteiger partial charge in [-0.25, -0.2) is 9.67 Å². The normalized spacial score (nSPS) is 11.0. The number of benzene rings is 1. The first-order valence-electron chi connectivity index (χ1n) is 7.77. The smallest absolute Gasteiger partial charge is 0.277 e. The van der Waals surface area contributed by atoms with Crippen molar-refractivity contribution in [1.29, 1.82) is 0 Å². The predicted molar refractivity (Wildman–Crippen MR) is 93.3 cm³/mol. The van der Waals surface area contributed by atoms with Crippen molar-refractivity contribution in [2.75, 3.05) is 11.1 Å². The summed E-state index contributed by atoms with van der Waals surface area (Å²) in [4.78, 5) is 15.9. The summed E-state index contributed by atoms with van der Waals surface area (Å²) in [6.07, 6.45) is 3.00. The zero-order chi connectivity index (χ0) is 17.6. The fourth-order valence-corrected chi connectivity index (χ4v) is 2.67. The lowest BCUT2D eigenvalue weighted by Gasteiger charge is -2.07. The Morgan fingerprint density at radius 3 is 2.76 bits per heavy atom. The Bertz CT molecular complexity index is 814. The van der Waals surface area contributed by atoms with Crippen LogP contribution in [0.4, 0.5) is 5.69 Å². The van der Waals surface area contributed by atoms with Gasteiger partial charge in [0.15, 0.2) is 0 Å². The van der Waals surface area contributed by atoms with Gasteiger partial charge in [-0.2, -0.15) is 5.10 Å². The van der Waals surface area contributed by atoms with Gasteiger partial charge >= 0.3 is 0 Å². The van der Waals surface area contributed by atoms with Gasteiger partial charge in [0.1, 0.15) is 19.2 Å². The molecule has 0 saturated carbocycles. The average Bonchev–Trinajstić information content (AvgIpc) is 3.26. The molecule has 25 heavy (non-hydrogen) atoms. The molecular formula is C16H18N6O2S. The number of nitrogens with one attached hydrogen (secondary N) is 1. The summed E-state index contributed by atoms with van der Waals surface area (Å²) in [5.41, 5.74) is 2.01. The summed E-state index contributed by atoms with van der Waals surface area (Å²) in [5.74, 6) is 0.942. The molecule has 2 aromatic heterocycles. The minimum atomic E-state index is -0.127. The van der Waals surface area contributed by atoms with E-state index in [-0.39, 0.29) is 11.7 Å². The van der Waals surface area contributed by atoms with E-state index < -0.39 is 0 Å². The Morgan fingerprint density at radius 2 is 2.08 bits per heavy atom. The maximum absolute atomic E-state index is 12.0. The Kier molecular flexibility index (Phi) is 5.44. The maximum Gasteiger partial charge on any atom is 0.277 e. The highest BCUT2D eigenvalue weighted by atomic mass is 32.2. The van der Waals surface area contributed by atoms with Crippen LogP contribution >= 0.6 is 11.8 Å². The molecule has 0 saturated heterocycles. The van der Waals surface area contributed by atoms with Gasteiger partial charge < -0.3 is 9.73 Å². The second-order valence-electron chi connectivity index (χ2n) is 5.67. The molecule has 1 N–H and O–H groups in total. The first-order valence-corrected chi connectivity index (χ1v) is 8.76. The third-order valence-corrected chi connectivity index (χ3v) is 4.22. The molecule has 8 nitrogen and oxygen atoms in total.